The molecule has 0 aliphatic carbocycles. The molecule has 0 radical (unpaired) electrons. The van der Waals surface area contributed by atoms with Gasteiger partial charge in [0.05, 0.1) is 16.4 Å². The number of benzene rings is 3. The van der Waals surface area contributed by atoms with Gasteiger partial charge in [0.2, 0.25) is 0 Å². The Morgan fingerprint density at radius 3 is 2.24 bits per heavy atom. The van der Waals surface area contributed by atoms with Crippen LogP contribution in [0.15, 0.2) is 85.2 Å². The molecule has 2 N–H and O–H groups in total. The maximum atomic E-state index is 12.7. The third-order valence-electron chi connectivity index (χ3n) is 6.95. The number of aromatic nitrogens is 4. The fourth-order valence-corrected chi connectivity index (χ4v) is 4.85. The lowest BCUT2D eigenvalue weighted by Gasteiger charge is -2.31. The molecule has 2 aromatic heterocycles. The molecule has 0 bridgehead atoms. The fourth-order valence-electron chi connectivity index (χ4n) is 4.85. The van der Waals surface area contributed by atoms with Gasteiger partial charge in [-0.15, -0.1) is 0 Å². The predicted octanol–water partition coefficient (Wildman–Crippen LogP) is 5.61. The van der Waals surface area contributed by atoms with Gasteiger partial charge >= 0.3 is 6.09 Å². The van der Waals surface area contributed by atoms with Gasteiger partial charge in [0.25, 0.3) is 5.69 Å². The van der Waals surface area contributed by atoms with Crippen LogP contribution in [-0.4, -0.2) is 48.8 Å². The maximum Gasteiger partial charge on any atom is 0.415 e. The van der Waals surface area contributed by atoms with Crippen LogP contribution in [0.25, 0.3) is 22.3 Å². The van der Waals surface area contributed by atoms with Gasteiger partial charge in [-0.25, -0.2) is 19.4 Å². The van der Waals surface area contributed by atoms with E-state index in [0.29, 0.717) is 54.2 Å². The summed E-state index contributed by atoms with van der Waals surface area (Å²) in [6.45, 7) is 0.887. The Bertz CT molecular complexity index is 1700. The van der Waals surface area contributed by atoms with E-state index in [9.17, 15) is 14.9 Å². The molecular weight excluding hydrogens is 526 g/mol. The van der Waals surface area contributed by atoms with Crippen molar-refractivity contribution in [3.63, 3.8) is 0 Å². The Labute approximate surface area is 234 Å². The van der Waals surface area contributed by atoms with Crippen LogP contribution in [0, 0.1) is 10.1 Å². The van der Waals surface area contributed by atoms with E-state index in [2.05, 4.69) is 9.97 Å². The number of carbonyl (C=O) groups excluding carboxylic acids is 1. The molecule has 0 atom stereocenters. The van der Waals surface area contributed by atoms with Gasteiger partial charge in [0, 0.05) is 30.8 Å². The van der Waals surface area contributed by atoms with E-state index in [4.69, 9.17) is 20.3 Å². The van der Waals surface area contributed by atoms with E-state index >= 15 is 0 Å². The summed E-state index contributed by atoms with van der Waals surface area (Å²) in [5, 5.41) is 16.4. The lowest BCUT2D eigenvalue weighted by molar-refractivity contribution is -0.384. The van der Waals surface area contributed by atoms with Crippen LogP contribution in [0.1, 0.15) is 18.9 Å². The number of ether oxygens (including phenoxy) is 2. The summed E-state index contributed by atoms with van der Waals surface area (Å²) in [7, 11) is 0. The minimum atomic E-state index is -0.507. The number of fused-ring (bicyclic) bond motifs is 1. The van der Waals surface area contributed by atoms with Crippen molar-refractivity contribution in [3.8, 4) is 28.5 Å². The quantitative estimate of drug-likeness (QED) is 0.210. The molecule has 1 aliphatic rings. The Morgan fingerprint density at radius 2 is 1.56 bits per heavy atom. The Hall–Kier alpha value is -5.52. The summed E-state index contributed by atoms with van der Waals surface area (Å²) in [6.07, 6.45) is 2.17. The van der Waals surface area contributed by atoms with E-state index < -0.39 is 11.0 Å². The normalized spacial score (nSPS) is 13.7. The van der Waals surface area contributed by atoms with Crippen molar-refractivity contribution in [1.82, 2.24) is 24.6 Å². The van der Waals surface area contributed by atoms with Crippen LogP contribution in [0.4, 0.5) is 16.3 Å². The SMILES string of the molecule is Nc1ncnc2c1c(-c1ccc(Oc3ccccc3)cc1)nn2C1CCN(C(=O)Oc2ccc([N+](=O)[O-])cc2)CC1. The fraction of sp³-hybridized carbons (Fsp3) is 0.172. The molecule has 0 saturated carbocycles. The molecule has 1 saturated heterocycles. The van der Waals surface area contributed by atoms with Gasteiger partial charge in [-0.3, -0.25) is 10.1 Å². The largest absolute Gasteiger partial charge is 0.457 e. The maximum absolute atomic E-state index is 12.7. The number of hydrogen-bond acceptors (Lipinski definition) is 9. The van der Waals surface area contributed by atoms with Crippen molar-refractivity contribution in [1.29, 1.82) is 0 Å². The number of hydrogen-bond donors (Lipinski definition) is 1. The van der Waals surface area contributed by atoms with Crippen LogP contribution < -0.4 is 15.2 Å². The van der Waals surface area contributed by atoms with E-state index in [1.165, 1.54) is 30.6 Å². The summed E-state index contributed by atoms with van der Waals surface area (Å²) < 4.78 is 13.2. The Kier molecular flexibility index (Phi) is 6.86. The molecule has 6 rings (SSSR count). The number of nitrogen functional groups attached to an aromatic ring is 1. The molecule has 206 valence electrons. The van der Waals surface area contributed by atoms with E-state index in [-0.39, 0.29) is 17.5 Å². The second-order valence-electron chi connectivity index (χ2n) is 9.53. The van der Waals surface area contributed by atoms with Gasteiger partial charge in [-0.2, -0.15) is 5.10 Å². The molecule has 3 heterocycles. The minimum Gasteiger partial charge on any atom is -0.457 e. The van der Waals surface area contributed by atoms with Crippen LogP contribution in [-0.2, 0) is 0 Å². The topological polar surface area (TPSA) is 152 Å². The number of para-hydroxylation sites is 1. The average molecular weight is 552 g/mol. The van der Waals surface area contributed by atoms with Crippen LogP contribution in [0.5, 0.6) is 17.2 Å². The Balaban J connectivity index is 1.18. The number of amides is 1. The molecule has 12 heteroatoms. The second kappa shape index (κ2) is 10.9. The molecule has 1 fully saturated rings. The van der Waals surface area contributed by atoms with Crippen LogP contribution in [0.3, 0.4) is 0 Å². The molecule has 12 nitrogen and oxygen atoms in total. The van der Waals surface area contributed by atoms with Gasteiger partial charge in [-0.1, -0.05) is 18.2 Å². The molecule has 0 spiro atoms. The van der Waals surface area contributed by atoms with Crippen LogP contribution >= 0.6 is 0 Å². The zero-order chi connectivity index (χ0) is 28.3. The zero-order valence-corrected chi connectivity index (χ0v) is 21.8. The first kappa shape index (κ1) is 25.7. The van der Waals surface area contributed by atoms with Crippen molar-refractivity contribution in [3.05, 3.63) is 95.3 Å². The number of nitrogens with two attached hydrogens (primary N) is 1. The number of non-ortho nitro benzene ring substituents is 1. The summed E-state index contributed by atoms with van der Waals surface area (Å²) in [5.41, 5.74) is 8.37. The highest BCUT2D eigenvalue weighted by Gasteiger charge is 2.29. The van der Waals surface area contributed by atoms with Crippen molar-refractivity contribution in [2.24, 2.45) is 0 Å². The lowest BCUT2D eigenvalue weighted by atomic mass is 10.1. The summed E-state index contributed by atoms with van der Waals surface area (Å²) in [6, 6.07) is 22.5. The monoisotopic (exact) mass is 551 g/mol. The number of rotatable bonds is 6. The molecule has 1 amide bonds. The number of piperidine rings is 1. The van der Waals surface area contributed by atoms with Gasteiger partial charge < -0.3 is 20.1 Å². The highest BCUT2D eigenvalue weighted by Crippen LogP contribution is 2.35. The van der Waals surface area contributed by atoms with Crippen molar-refractivity contribution < 1.29 is 19.2 Å². The van der Waals surface area contributed by atoms with Gasteiger partial charge in [0.1, 0.15) is 35.1 Å². The van der Waals surface area contributed by atoms with Crippen molar-refractivity contribution in [2.45, 2.75) is 18.9 Å². The standard InChI is InChI=1S/C29H25N7O5/c30-27-25-26(19-6-10-23(11-7-19)40-22-4-2-1-3-5-22)33-35(28(25)32-18-31-27)20-14-16-34(17-15-20)29(37)41-24-12-8-21(9-13-24)36(38)39/h1-13,18,20H,14-17H2,(H2,30,31,32). The third kappa shape index (κ3) is 5.35. The number of anilines is 1. The smallest absolute Gasteiger partial charge is 0.415 e. The third-order valence-corrected chi connectivity index (χ3v) is 6.95. The van der Waals surface area contributed by atoms with E-state index in [0.717, 1.165) is 11.3 Å². The number of likely N-dealkylation sites (tertiary alicyclic amines) is 1. The van der Waals surface area contributed by atoms with Crippen molar-refractivity contribution >= 4 is 28.6 Å². The molecule has 0 unspecified atom stereocenters. The number of nitro groups is 1. The average Bonchev–Trinajstić information content (AvgIpc) is 3.39. The van der Waals surface area contributed by atoms with Gasteiger partial charge in [-0.05, 0) is 61.4 Å². The Morgan fingerprint density at radius 1 is 0.902 bits per heavy atom. The van der Waals surface area contributed by atoms with Gasteiger partial charge in [0.15, 0.2) is 5.65 Å². The minimum absolute atomic E-state index is 0.0235. The van der Waals surface area contributed by atoms with Crippen molar-refractivity contribution in [2.75, 3.05) is 18.8 Å². The van der Waals surface area contributed by atoms with Crippen LogP contribution in [0.2, 0.25) is 0 Å². The number of nitrogens with zero attached hydrogens (tertiary/aromatic N) is 6. The highest BCUT2D eigenvalue weighted by atomic mass is 16.6. The molecule has 3 aromatic carbocycles. The first-order valence-corrected chi connectivity index (χ1v) is 13.0. The number of carbonyl (C=O) groups is 1. The number of nitro benzene ring substituents is 1. The lowest BCUT2D eigenvalue weighted by Crippen LogP contribution is -2.40. The molecule has 1 aliphatic heterocycles. The first-order chi connectivity index (χ1) is 20.0. The summed E-state index contributed by atoms with van der Waals surface area (Å²) in [5.74, 6) is 2.03. The first-order valence-electron chi connectivity index (χ1n) is 13.0. The summed E-state index contributed by atoms with van der Waals surface area (Å²) >= 11 is 0. The van der Waals surface area contributed by atoms with E-state index in [1.807, 2.05) is 59.3 Å². The highest BCUT2D eigenvalue weighted by molar-refractivity contribution is 5.98. The molecule has 41 heavy (non-hydrogen) atoms. The predicted molar refractivity (Wildman–Crippen MR) is 151 cm³/mol. The second-order valence-corrected chi connectivity index (χ2v) is 9.53. The van der Waals surface area contributed by atoms with E-state index in [1.54, 1.807) is 4.90 Å². The molecule has 5 aromatic rings. The zero-order valence-electron chi connectivity index (χ0n) is 21.8. The summed E-state index contributed by atoms with van der Waals surface area (Å²) in [4.78, 5) is 33.4. The molecular formula is C29H25N7O5.